The van der Waals surface area contributed by atoms with Gasteiger partial charge in [-0.15, -0.1) is 0 Å². The fourth-order valence-corrected chi connectivity index (χ4v) is 3.13. The molecule has 0 saturated carbocycles. The quantitative estimate of drug-likeness (QED) is 0.706. The maximum Gasteiger partial charge on any atom is 0.266 e. The molecule has 3 amide bonds. The summed E-state index contributed by atoms with van der Waals surface area (Å²) in [5.41, 5.74) is 1.98. The minimum atomic E-state index is -0.503. The number of amides is 3. The van der Waals surface area contributed by atoms with Crippen LogP contribution in [0.5, 0.6) is 0 Å². The van der Waals surface area contributed by atoms with Gasteiger partial charge in [0.15, 0.2) is 0 Å². The maximum atomic E-state index is 13.6. The molecule has 0 radical (unpaired) electrons. The Morgan fingerprint density at radius 3 is 2.00 bits per heavy atom. The monoisotopic (exact) mass is 374 g/mol. The highest BCUT2D eigenvalue weighted by Crippen LogP contribution is 2.28. The van der Waals surface area contributed by atoms with Crippen molar-refractivity contribution in [1.82, 2.24) is 0 Å². The van der Waals surface area contributed by atoms with Gasteiger partial charge in [0.05, 0.1) is 28.9 Å². The van der Waals surface area contributed by atoms with Gasteiger partial charge in [-0.3, -0.25) is 14.4 Å². The summed E-state index contributed by atoms with van der Waals surface area (Å²) >= 11 is 0. The van der Waals surface area contributed by atoms with Gasteiger partial charge < -0.3 is 5.32 Å². The number of carbonyl (C=O) groups is 3. The number of nitrogens with one attached hydrogen (secondary N) is 1. The summed E-state index contributed by atoms with van der Waals surface area (Å²) in [6, 6.07) is 19.2. The van der Waals surface area contributed by atoms with E-state index in [1.54, 1.807) is 60.7 Å². The fourth-order valence-electron chi connectivity index (χ4n) is 3.13. The summed E-state index contributed by atoms with van der Waals surface area (Å²) in [6.07, 6.45) is 0.0384. The predicted octanol–water partition coefficient (Wildman–Crippen LogP) is 3.81. The van der Waals surface area contributed by atoms with Crippen LogP contribution in [0, 0.1) is 5.82 Å². The Hall–Kier alpha value is -3.80. The predicted molar refractivity (Wildman–Crippen MR) is 103 cm³/mol. The van der Waals surface area contributed by atoms with Crippen LogP contribution in [0.15, 0.2) is 72.8 Å². The summed E-state index contributed by atoms with van der Waals surface area (Å²) in [5, 5.41) is 2.52. The highest BCUT2D eigenvalue weighted by molar-refractivity contribution is 6.34. The lowest BCUT2D eigenvalue weighted by Gasteiger charge is -2.14. The summed E-state index contributed by atoms with van der Waals surface area (Å²) < 4.78 is 13.6. The third kappa shape index (κ3) is 3.16. The minimum absolute atomic E-state index is 0.0384. The largest absolute Gasteiger partial charge is 0.323 e. The van der Waals surface area contributed by atoms with Crippen molar-refractivity contribution in [2.75, 3.05) is 10.2 Å². The van der Waals surface area contributed by atoms with E-state index in [2.05, 4.69) is 5.32 Å². The summed E-state index contributed by atoms with van der Waals surface area (Å²) in [6.45, 7) is 0. The molecule has 138 valence electrons. The average Bonchev–Trinajstić information content (AvgIpc) is 2.95. The Labute approximate surface area is 160 Å². The maximum absolute atomic E-state index is 13.6. The van der Waals surface area contributed by atoms with Crippen molar-refractivity contribution >= 4 is 29.1 Å². The lowest BCUT2D eigenvalue weighted by molar-refractivity contribution is -0.115. The summed E-state index contributed by atoms with van der Waals surface area (Å²) in [5.74, 6) is -1.60. The van der Waals surface area contributed by atoms with Crippen molar-refractivity contribution in [3.8, 4) is 0 Å². The molecule has 0 spiro atoms. The molecule has 28 heavy (non-hydrogen) atoms. The summed E-state index contributed by atoms with van der Waals surface area (Å²) in [7, 11) is 0. The topological polar surface area (TPSA) is 66.5 Å². The first-order valence-corrected chi connectivity index (χ1v) is 8.66. The standard InChI is InChI=1S/C22H15FN2O3/c23-18-7-3-4-8-19(18)24-20(26)13-14-9-11-15(12-10-14)25-21(27)16-5-1-2-6-17(16)22(25)28/h1-12H,13H2,(H,24,26). The SMILES string of the molecule is O=C(Cc1ccc(N2C(=O)c3ccccc3C2=O)cc1)Nc1ccccc1F. The molecule has 4 rings (SSSR count). The fraction of sp³-hybridized carbons (Fsp3) is 0.0455. The number of hydrogen-bond donors (Lipinski definition) is 1. The highest BCUT2D eigenvalue weighted by Gasteiger charge is 2.36. The van der Waals surface area contributed by atoms with Gasteiger partial charge in [-0.2, -0.15) is 0 Å². The Kier molecular flexibility index (Phi) is 4.45. The van der Waals surface area contributed by atoms with Gasteiger partial charge in [0.2, 0.25) is 5.91 Å². The van der Waals surface area contributed by atoms with Gasteiger partial charge in [0.1, 0.15) is 5.82 Å². The van der Waals surface area contributed by atoms with Gasteiger partial charge in [0, 0.05) is 0 Å². The first-order chi connectivity index (χ1) is 13.5. The molecule has 1 aliphatic heterocycles. The molecule has 0 bridgehead atoms. The van der Waals surface area contributed by atoms with Gasteiger partial charge in [-0.05, 0) is 42.0 Å². The number of imide groups is 1. The highest BCUT2D eigenvalue weighted by atomic mass is 19.1. The van der Waals surface area contributed by atoms with Gasteiger partial charge in [0.25, 0.3) is 11.8 Å². The van der Waals surface area contributed by atoms with Gasteiger partial charge >= 0.3 is 0 Å². The van der Waals surface area contributed by atoms with Crippen molar-refractivity contribution in [3.05, 3.63) is 95.3 Å². The first kappa shape index (κ1) is 17.6. The molecule has 0 atom stereocenters. The van der Waals surface area contributed by atoms with E-state index in [9.17, 15) is 18.8 Å². The molecule has 5 nitrogen and oxygen atoms in total. The van der Waals surface area contributed by atoms with Crippen molar-refractivity contribution < 1.29 is 18.8 Å². The van der Waals surface area contributed by atoms with Crippen LogP contribution in [-0.2, 0) is 11.2 Å². The van der Waals surface area contributed by atoms with Crippen LogP contribution in [0.3, 0.4) is 0 Å². The molecule has 0 fully saturated rings. The minimum Gasteiger partial charge on any atom is -0.323 e. The number of anilines is 2. The number of rotatable bonds is 4. The van der Waals surface area contributed by atoms with Crippen LogP contribution in [-0.4, -0.2) is 17.7 Å². The van der Waals surface area contributed by atoms with E-state index >= 15 is 0 Å². The number of benzene rings is 3. The van der Waals surface area contributed by atoms with Crippen LogP contribution in [0.25, 0.3) is 0 Å². The van der Waals surface area contributed by atoms with Crippen molar-refractivity contribution in [3.63, 3.8) is 0 Å². The second-order valence-corrected chi connectivity index (χ2v) is 6.36. The van der Waals surface area contributed by atoms with E-state index in [0.717, 1.165) is 4.90 Å². The Morgan fingerprint density at radius 1 is 0.821 bits per heavy atom. The number of halogens is 1. The van der Waals surface area contributed by atoms with Crippen LogP contribution in [0.1, 0.15) is 26.3 Å². The number of fused-ring (bicyclic) bond motifs is 1. The van der Waals surface area contributed by atoms with E-state index in [0.29, 0.717) is 22.4 Å². The van der Waals surface area contributed by atoms with E-state index < -0.39 is 5.82 Å². The molecule has 6 heteroatoms. The van der Waals surface area contributed by atoms with Gasteiger partial charge in [-0.25, -0.2) is 9.29 Å². The molecule has 1 aliphatic rings. The Bertz CT molecular complexity index is 1060. The lowest BCUT2D eigenvalue weighted by atomic mass is 10.1. The van der Waals surface area contributed by atoms with Crippen LogP contribution < -0.4 is 10.2 Å². The van der Waals surface area contributed by atoms with Crippen molar-refractivity contribution in [2.24, 2.45) is 0 Å². The number of carbonyl (C=O) groups excluding carboxylic acids is 3. The Morgan fingerprint density at radius 2 is 1.39 bits per heavy atom. The number of para-hydroxylation sites is 1. The Balaban J connectivity index is 1.48. The van der Waals surface area contributed by atoms with Crippen LogP contribution in [0.4, 0.5) is 15.8 Å². The molecule has 0 aromatic heterocycles. The zero-order chi connectivity index (χ0) is 19.7. The molecule has 3 aromatic rings. The smallest absolute Gasteiger partial charge is 0.266 e. The molecule has 3 aromatic carbocycles. The van der Waals surface area contributed by atoms with Crippen LogP contribution in [0.2, 0.25) is 0 Å². The molecule has 0 saturated heterocycles. The second kappa shape index (κ2) is 7.08. The van der Waals surface area contributed by atoms with E-state index in [1.165, 1.54) is 12.1 Å². The molecule has 1 heterocycles. The van der Waals surface area contributed by atoms with Crippen molar-refractivity contribution in [1.29, 1.82) is 0 Å². The third-order valence-corrected chi connectivity index (χ3v) is 4.50. The first-order valence-electron chi connectivity index (χ1n) is 8.66. The van der Waals surface area contributed by atoms with Gasteiger partial charge in [-0.1, -0.05) is 36.4 Å². The summed E-state index contributed by atoms with van der Waals surface area (Å²) in [4.78, 5) is 38.3. The van der Waals surface area contributed by atoms with Crippen molar-refractivity contribution in [2.45, 2.75) is 6.42 Å². The third-order valence-electron chi connectivity index (χ3n) is 4.50. The average molecular weight is 374 g/mol. The van der Waals surface area contributed by atoms with E-state index in [4.69, 9.17) is 0 Å². The molecular weight excluding hydrogens is 359 g/mol. The van der Waals surface area contributed by atoms with E-state index in [1.807, 2.05) is 0 Å². The second-order valence-electron chi connectivity index (χ2n) is 6.36. The zero-order valence-electron chi connectivity index (χ0n) is 14.7. The van der Waals surface area contributed by atoms with E-state index in [-0.39, 0.29) is 29.8 Å². The zero-order valence-corrected chi connectivity index (χ0v) is 14.7. The normalized spacial score (nSPS) is 12.8. The molecular formula is C22H15FN2O3. The number of nitrogens with zero attached hydrogens (tertiary/aromatic N) is 1. The molecule has 1 N–H and O–H groups in total. The molecule has 0 aliphatic carbocycles. The molecule has 0 unspecified atom stereocenters. The van der Waals surface area contributed by atoms with Crippen LogP contribution >= 0.6 is 0 Å². The number of hydrogen-bond acceptors (Lipinski definition) is 3. The lowest BCUT2D eigenvalue weighted by Crippen LogP contribution is -2.29.